The molecule has 0 aliphatic carbocycles. The molecule has 2 fully saturated rings. The molecule has 0 saturated carbocycles. The molecule has 11 heteroatoms. The van der Waals surface area contributed by atoms with Crippen LogP contribution >= 0.6 is 15.9 Å². The second-order valence-electron chi connectivity index (χ2n) is 16.3. The van der Waals surface area contributed by atoms with Crippen LogP contribution in [0.25, 0.3) is 0 Å². The highest BCUT2D eigenvalue weighted by Gasteiger charge is 2.76. The van der Waals surface area contributed by atoms with Gasteiger partial charge in [-0.25, -0.2) is 0 Å². The van der Waals surface area contributed by atoms with Crippen LogP contribution in [0.5, 0.6) is 0 Å². The zero-order valence-corrected chi connectivity index (χ0v) is 32.2. The summed E-state index contributed by atoms with van der Waals surface area (Å²) >= 11 is 3.64. The molecule has 1 aromatic rings. The van der Waals surface area contributed by atoms with E-state index in [0.29, 0.717) is 29.3 Å². The summed E-state index contributed by atoms with van der Waals surface area (Å²) in [5, 5.41) is 13.8. The average Bonchev–Trinajstić information content (AvgIpc) is 3.63. The molecule has 50 heavy (non-hydrogen) atoms. The number of likely N-dealkylation sites (tertiary alicyclic amines) is 1. The zero-order chi connectivity index (χ0) is 36.8. The Balaban J connectivity index is 1.69. The van der Waals surface area contributed by atoms with Gasteiger partial charge in [0.25, 0.3) is 0 Å². The first kappa shape index (κ1) is 38.2. The molecule has 9 atom stereocenters. The number of allylic oxidation sites excluding steroid dienone is 1. The molecule has 0 aromatic heterocycles. The number of amides is 3. The van der Waals surface area contributed by atoms with Gasteiger partial charge < -0.3 is 29.7 Å². The van der Waals surface area contributed by atoms with Crippen molar-refractivity contribution in [3.05, 3.63) is 58.6 Å². The van der Waals surface area contributed by atoms with Crippen LogP contribution in [0.4, 0.5) is 0 Å². The number of esters is 1. The predicted molar refractivity (Wildman–Crippen MR) is 194 cm³/mol. The number of fused-ring (bicyclic) bond motifs is 2. The molecule has 1 aromatic carbocycles. The highest BCUT2D eigenvalue weighted by molar-refractivity contribution is 9.11. The number of carbonyl (C=O) groups excluding carboxylic acids is 4. The first-order valence-electron chi connectivity index (χ1n) is 18.0. The van der Waals surface area contributed by atoms with Gasteiger partial charge in [0, 0.05) is 23.0 Å². The van der Waals surface area contributed by atoms with Gasteiger partial charge >= 0.3 is 5.97 Å². The number of aliphatic hydroxyl groups excluding tert-OH is 1. The first-order chi connectivity index (χ1) is 23.5. The summed E-state index contributed by atoms with van der Waals surface area (Å²) in [4.78, 5) is 61.2. The van der Waals surface area contributed by atoms with Gasteiger partial charge in [-0.2, -0.15) is 0 Å². The molecule has 4 aliphatic rings. The van der Waals surface area contributed by atoms with E-state index in [1.165, 1.54) is 4.90 Å². The Kier molecular flexibility index (Phi) is 11.1. The lowest BCUT2D eigenvalue weighted by Crippen LogP contribution is -2.63. The minimum atomic E-state index is -1.47. The molecule has 1 spiro atoms. The SMILES string of the molecule is CC[C@H](C)[C@H](CO)N1C(=O)[C@H]2[C@@H]3C(=O)O[C@H](c4ccccc4)[C@@H](C)NC(=O)CC/C=C\CN(C(C)(C)CC(C)(C)C)C(=O)[C@H]1[C@@]21C=C(Br)[C@@H]3O1. The van der Waals surface area contributed by atoms with Crippen LogP contribution in [-0.2, 0) is 28.7 Å². The third-order valence-electron chi connectivity index (χ3n) is 10.9. The standard InChI is InChI=1S/C39H54BrN3O7/c1-9-23(2)27(21-44)43-33-35(47)42(38(7,8)22-37(4,5)6)19-15-11-14-18-28(45)41-24(3)31(25-16-12-10-13-17-25)49-36(48)29-30(34(43)46)39(33)20-26(40)32(29)50-39/h10-13,15-17,20,23-24,27,29-33,44H,9,14,18-19,21-22H2,1-8H3,(H,41,45)/b15-11-/t23-,24+,27-,29-,30+,31-,32-,33-,39+/m0/s1. The van der Waals surface area contributed by atoms with Gasteiger partial charge in [0.05, 0.1) is 24.6 Å². The lowest BCUT2D eigenvalue weighted by atomic mass is 9.74. The normalized spacial score (nSPS) is 32.7. The maximum absolute atomic E-state index is 15.4. The fourth-order valence-corrected chi connectivity index (χ4v) is 9.51. The number of nitrogens with one attached hydrogen (secondary N) is 1. The fourth-order valence-electron chi connectivity index (χ4n) is 8.77. The van der Waals surface area contributed by atoms with Gasteiger partial charge in [0.2, 0.25) is 17.7 Å². The van der Waals surface area contributed by atoms with Gasteiger partial charge in [-0.1, -0.05) is 99.5 Å². The Labute approximate surface area is 305 Å². The molecule has 5 rings (SSSR count). The van der Waals surface area contributed by atoms with E-state index in [2.05, 4.69) is 42.0 Å². The highest BCUT2D eigenvalue weighted by atomic mass is 79.9. The summed E-state index contributed by atoms with van der Waals surface area (Å²) in [5.74, 6) is -3.85. The minimum absolute atomic E-state index is 0.137. The Morgan fingerprint density at radius 3 is 2.34 bits per heavy atom. The van der Waals surface area contributed by atoms with Crippen molar-refractivity contribution < 1.29 is 33.8 Å². The molecule has 2 saturated heterocycles. The number of hydrogen-bond donors (Lipinski definition) is 2. The third kappa shape index (κ3) is 7.06. The quantitative estimate of drug-likeness (QED) is 0.280. The van der Waals surface area contributed by atoms with Gasteiger partial charge in [0.1, 0.15) is 29.8 Å². The van der Waals surface area contributed by atoms with Crippen LogP contribution in [0, 0.1) is 23.2 Å². The number of halogens is 1. The number of cyclic esters (lactones) is 1. The lowest BCUT2D eigenvalue weighted by Gasteiger charge is -2.46. The molecular weight excluding hydrogens is 702 g/mol. The summed E-state index contributed by atoms with van der Waals surface area (Å²) in [6.45, 7) is 16.1. The molecule has 3 amide bonds. The van der Waals surface area contributed by atoms with Crippen LogP contribution in [-0.4, -0.2) is 87.1 Å². The molecular formula is C39H54BrN3O7. The second-order valence-corrected chi connectivity index (χ2v) is 17.3. The van der Waals surface area contributed by atoms with Crippen molar-refractivity contribution in [1.29, 1.82) is 0 Å². The maximum Gasteiger partial charge on any atom is 0.313 e. The molecule has 4 heterocycles. The molecule has 274 valence electrons. The second kappa shape index (κ2) is 14.5. The van der Waals surface area contributed by atoms with E-state index in [1.807, 2.05) is 70.2 Å². The topological polar surface area (TPSA) is 125 Å². The molecule has 0 radical (unpaired) electrons. The highest BCUT2D eigenvalue weighted by Crippen LogP contribution is 2.60. The van der Waals surface area contributed by atoms with E-state index < -0.39 is 65.2 Å². The van der Waals surface area contributed by atoms with Crippen molar-refractivity contribution in [2.24, 2.45) is 23.2 Å². The van der Waals surface area contributed by atoms with Crippen LogP contribution < -0.4 is 5.32 Å². The molecule has 10 nitrogen and oxygen atoms in total. The van der Waals surface area contributed by atoms with Crippen molar-refractivity contribution in [2.45, 2.75) is 123 Å². The average molecular weight is 757 g/mol. The van der Waals surface area contributed by atoms with Crippen molar-refractivity contribution >= 4 is 39.6 Å². The number of rotatable bonds is 7. The third-order valence-corrected chi connectivity index (χ3v) is 11.6. The lowest BCUT2D eigenvalue weighted by molar-refractivity contribution is -0.162. The van der Waals surface area contributed by atoms with Crippen LogP contribution in [0.2, 0.25) is 0 Å². The van der Waals surface area contributed by atoms with E-state index in [9.17, 15) is 19.5 Å². The van der Waals surface area contributed by atoms with E-state index in [1.54, 1.807) is 17.9 Å². The summed E-state index contributed by atoms with van der Waals surface area (Å²) in [5.41, 5.74) is -1.58. The monoisotopic (exact) mass is 755 g/mol. The number of nitrogens with zero attached hydrogens (tertiary/aromatic N) is 2. The van der Waals surface area contributed by atoms with Crippen molar-refractivity contribution in [3.8, 4) is 0 Å². The number of ether oxygens (including phenoxy) is 2. The van der Waals surface area contributed by atoms with Crippen molar-refractivity contribution in [2.75, 3.05) is 13.2 Å². The molecule has 5 bridgehead atoms. The first-order valence-corrected chi connectivity index (χ1v) is 18.8. The Hall–Kier alpha value is -3.02. The van der Waals surface area contributed by atoms with Crippen LogP contribution in [0.1, 0.15) is 92.7 Å². The summed E-state index contributed by atoms with van der Waals surface area (Å²) in [7, 11) is 0. The predicted octanol–water partition coefficient (Wildman–Crippen LogP) is 5.45. The fraction of sp³-hybridized carbons (Fsp3) is 0.641. The van der Waals surface area contributed by atoms with Crippen LogP contribution in [0.15, 0.2) is 53.0 Å². The summed E-state index contributed by atoms with van der Waals surface area (Å²) in [6, 6.07) is 6.80. The van der Waals surface area contributed by atoms with Gasteiger partial charge in [0.15, 0.2) is 0 Å². The minimum Gasteiger partial charge on any atom is -0.455 e. The Bertz CT molecular complexity index is 1520. The summed E-state index contributed by atoms with van der Waals surface area (Å²) in [6.07, 6.45) is 5.90. The van der Waals surface area contributed by atoms with E-state index in [0.717, 1.165) is 0 Å². The molecule has 4 aliphatic heterocycles. The number of hydrogen-bond acceptors (Lipinski definition) is 7. The largest absolute Gasteiger partial charge is 0.455 e. The zero-order valence-electron chi connectivity index (χ0n) is 30.6. The van der Waals surface area contributed by atoms with E-state index in [-0.39, 0.29) is 42.7 Å². The van der Waals surface area contributed by atoms with Crippen molar-refractivity contribution in [3.63, 3.8) is 0 Å². The molecule has 2 N–H and O–H groups in total. The van der Waals surface area contributed by atoms with Crippen LogP contribution in [0.3, 0.4) is 0 Å². The van der Waals surface area contributed by atoms with Gasteiger partial charge in [-0.3, -0.25) is 19.2 Å². The Morgan fingerprint density at radius 2 is 1.72 bits per heavy atom. The summed E-state index contributed by atoms with van der Waals surface area (Å²) < 4.78 is 13.6. The number of benzene rings is 1. The van der Waals surface area contributed by atoms with Gasteiger partial charge in [-0.15, -0.1) is 0 Å². The number of carbonyl (C=O) groups is 4. The van der Waals surface area contributed by atoms with Gasteiger partial charge in [-0.05, 0) is 56.6 Å². The van der Waals surface area contributed by atoms with E-state index in [4.69, 9.17) is 9.47 Å². The molecule has 0 unspecified atom stereocenters. The van der Waals surface area contributed by atoms with E-state index >= 15 is 4.79 Å². The van der Waals surface area contributed by atoms with Crippen molar-refractivity contribution in [1.82, 2.24) is 15.1 Å². The smallest absolute Gasteiger partial charge is 0.313 e. The maximum atomic E-state index is 15.4. The Morgan fingerprint density at radius 1 is 1.04 bits per heavy atom. The number of aliphatic hydroxyl groups is 1.